The highest BCUT2D eigenvalue weighted by molar-refractivity contribution is 5.83. The van der Waals surface area contributed by atoms with Crippen molar-refractivity contribution >= 4 is 11.8 Å². The average molecular weight is 639 g/mol. The van der Waals surface area contributed by atoms with Gasteiger partial charge in [0.05, 0.1) is 48.6 Å². The van der Waals surface area contributed by atoms with Gasteiger partial charge in [0.15, 0.2) is 0 Å². The Morgan fingerprint density at radius 1 is 0.711 bits per heavy atom. The number of cyclic esters (lactones) is 1. The van der Waals surface area contributed by atoms with Crippen LogP contribution in [0.15, 0.2) is 0 Å². The molecule has 0 aliphatic carbocycles. The van der Waals surface area contributed by atoms with Gasteiger partial charge in [0.2, 0.25) is 0 Å². The molecule has 262 valence electrons. The van der Waals surface area contributed by atoms with Crippen molar-refractivity contribution in [2.45, 2.75) is 217 Å². The smallest absolute Gasteiger partial charge is 0.309 e. The van der Waals surface area contributed by atoms with E-state index in [1.54, 1.807) is 0 Å². The van der Waals surface area contributed by atoms with Gasteiger partial charge in [0.25, 0.3) is 0 Å². The van der Waals surface area contributed by atoms with Crippen LogP contribution in [0, 0.1) is 5.92 Å². The van der Waals surface area contributed by atoms with Crippen molar-refractivity contribution in [3.63, 3.8) is 0 Å². The topological polar surface area (TPSA) is 123 Å². The summed E-state index contributed by atoms with van der Waals surface area (Å²) in [4.78, 5) is 23.1. The summed E-state index contributed by atoms with van der Waals surface area (Å²) in [6.07, 6.45) is 22.4. The second-order valence-electron chi connectivity index (χ2n) is 14.4. The van der Waals surface area contributed by atoms with E-state index >= 15 is 0 Å². The fourth-order valence-corrected chi connectivity index (χ4v) is 7.53. The van der Waals surface area contributed by atoms with E-state index in [0.29, 0.717) is 12.8 Å². The largest absolute Gasteiger partial charge is 0.462 e. The van der Waals surface area contributed by atoms with Crippen LogP contribution in [0.2, 0.25) is 0 Å². The molecule has 3 rings (SSSR count). The number of hydrogen-bond acceptors (Lipinski definition) is 8. The Bertz CT molecular complexity index is 820. The molecule has 0 aromatic heterocycles. The molecule has 0 aromatic rings. The Kier molecular flexibility index (Phi) is 18.5. The van der Waals surface area contributed by atoms with E-state index in [0.717, 1.165) is 116 Å². The molecule has 3 aliphatic heterocycles. The van der Waals surface area contributed by atoms with Gasteiger partial charge in [-0.2, -0.15) is 0 Å². The fraction of sp³-hybridized carbons (Fsp3) is 0.946. The van der Waals surface area contributed by atoms with Crippen molar-refractivity contribution in [2.24, 2.45) is 5.92 Å². The van der Waals surface area contributed by atoms with Gasteiger partial charge in [0.1, 0.15) is 11.9 Å². The summed E-state index contributed by atoms with van der Waals surface area (Å²) in [5.41, 5.74) is 0. The SMILES string of the molecule is CC[C@@H](O)CCCCCCC[C@H](O)[C@@H]1CC[C@@H]([C@@H]2CC[C@@H]([C@H](O)CCCCCCCCCC[C@H]3CC(CC(C)=O)C(=O)O3)O2)O1. The molecule has 0 aromatic carbocycles. The monoisotopic (exact) mass is 638 g/mol. The molecule has 1 unspecified atom stereocenters. The standard InChI is InChI=1S/C37H66O8/c1-3-29(39)17-13-9-8-12-16-20-32(41)34-22-24-36(45-34)35-23-21-33(44-35)31(40)19-15-11-7-5-4-6-10-14-18-30-26-28(25-27(2)38)37(42)43-30/h28-36,39-41H,3-26H2,1-2H3/t28?,29-,30+,31-,32+,33+,34+,35+,36+/m1/s1. The molecule has 9 atom stereocenters. The Morgan fingerprint density at radius 3 is 1.67 bits per heavy atom. The highest BCUT2D eigenvalue weighted by atomic mass is 16.6. The number of carbonyl (C=O) groups excluding carboxylic acids is 2. The third kappa shape index (κ3) is 14.7. The number of carbonyl (C=O) groups is 2. The second kappa shape index (κ2) is 21.7. The molecular formula is C37H66O8. The van der Waals surface area contributed by atoms with Gasteiger partial charge in [-0.3, -0.25) is 4.79 Å². The van der Waals surface area contributed by atoms with Crippen molar-refractivity contribution in [2.75, 3.05) is 0 Å². The van der Waals surface area contributed by atoms with Crippen molar-refractivity contribution < 1.29 is 39.1 Å². The number of Topliss-reactive ketones (excluding diaryl/α,β-unsaturated/α-hetero) is 1. The summed E-state index contributed by atoms with van der Waals surface area (Å²) in [6, 6.07) is 0. The number of ketones is 1. The second-order valence-corrected chi connectivity index (χ2v) is 14.4. The van der Waals surface area contributed by atoms with Crippen molar-refractivity contribution in [3.05, 3.63) is 0 Å². The molecule has 0 saturated carbocycles. The van der Waals surface area contributed by atoms with E-state index < -0.39 is 12.2 Å². The first-order valence-electron chi connectivity index (χ1n) is 18.8. The summed E-state index contributed by atoms with van der Waals surface area (Å²) in [7, 11) is 0. The minimum atomic E-state index is -0.414. The molecule has 8 heteroatoms. The van der Waals surface area contributed by atoms with Crippen LogP contribution in [-0.2, 0) is 23.8 Å². The van der Waals surface area contributed by atoms with Crippen molar-refractivity contribution in [1.82, 2.24) is 0 Å². The van der Waals surface area contributed by atoms with Crippen LogP contribution in [0.5, 0.6) is 0 Å². The maximum Gasteiger partial charge on any atom is 0.309 e. The number of unbranched alkanes of at least 4 members (excludes halogenated alkanes) is 11. The molecule has 3 fully saturated rings. The zero-order valence-electron chi connectivity index (χ0n) is 28.5. The van der Waals surface area contributed by atoms with E-state index in [1.165, 1.54) is 32.6 Å². The molecule has 3 N–H and O–H groups in total. The van der Waals surface area contributed by atoms with Crippen LogP contribution in [0.25, 0.3) is 0 Å². The first kappa shape index (κ1) is 38.4. The van der Waals surface area contributed by atoms with Crippen LogP contribution in [0.4, 0.5) is 0 Å². The molecule has 3 saturated heterocycles. The van der Waals surface area contributed by atoms with Crippen LogP contribution < -0.4 is 0 Å². The summed E-state index contributed by atoms with van der Waals surface area (Å²) < 4.78 is 18.0. The molecule has 45 heavy (non-hydrogen) atoms. The predicted octanol–water partition coefficient (Wildman–Crippen LogP) is 7.12. The molecule has 0 bridgehead atoms. The quantitative estimate of drug-likeness (QED) is 0.0714. The van der Waals surface area contributed by atoms with E-state index in [1.807, 2.05) is 6.92 Å². The summed E-state index contributed by atoms with van der Waals surface area (Å²) in [5, 5.41) is 31.1. The van der Waals surface area contributed by atoms with Gasteiger partial charge in [-0.15, -0.1) is 0 Å². The summed E-state index contributed by atoms with van der Waals surface area (Å²) in [6.45, 7) is 3.55. The number of esters is 1. The average Bonchev–Trinajstić information content (AvgIpc) is 3.77. The minimum absolute atomic E-state index is 0.00361. The number of aliphatic hydroxyl groups is 3. The highest BCUT2D eigenvalue weighted by Crippen LogP contribution is 2.35. The van der Waals surface area contributed by atoms with Crippen molar-refractivity contribution in [3.8, 4) is 0 Å². The zero-order valence-corrected chi connectivity index (χ0v) is 28.5. The number of rotatable bonds is 25. The lowest BCUT2D eigenvalue weighted by Crippen LogP contribution is -2.33. The fourth-order valence-electron chi connectivity index (χ4n) is 7.53. The Labute approximate surface area is 273 Å². The van der Waals surface area contributed by atoms with Crippen molar-refractivity contribution in [1.29, 1.82) is 0 Å². The molecule has 0 amide bonds. The van der Waals surface area contributed by atoms with Gasteiger partial charge < -0.3 is 34.3 Å². The first-order valence-corrected chi connectivity index (χ1v) is 18.8. The van der Waals surface area contributed by atoms with Crippen LogP contribution >= 0.6 is 0 Å². The van der Waals surface area contributed by atoms with Crippen LogP contribution in [0.1, 0.15) is 168 Å². The molecule has 3 aliphatic rings. The summed E-state index contributed by atoms with van der Waals surface area (Å²) >= 11 is 0. The maximum absolute atomic E-state index is 11.9. The van der Waals surface area contributed by atoms with Crippen LogP contribution in [0.3, 0.4) is 0 Å². The number of ether oxygens (including phenoxy) is 3. The first-order chi connectivity index (χ1) is 21.8. The van der Waals surface area contributed by atoms with Gasteiger partial charge in [-0.05, 0) is 77.6 Å². The lowest BCUT2D eigenvalue weighted by Gasteiger charge is -2.24. The normalized spacial score (nSPS) is 28.8. The molecular weight excluding hydrogens is 572 g/mol. The number of hydrogen-bond donors (Lipinski definition) is 3. The van der Waals surface area contributed by atoms with Gasteiger partial charge in [0, 0.05) is 6.42 Å². The lowest BCUT2D eigenvalue weighted by atomic mass is 9.96. The van der Waals surface area contributed by atoms with Crippen LogP contribution in [-0.4, -0.2) is 75.9 Å². The lowest BCUT2D eigenvalue weighted by molar-refractivity contribution is -0.145. The minimum Gasteiger partial charge on any atom is -0.462 e. The van der Waals surface area contributed by atoms with E-state index in [-0.39, 0.29) is 54.3 Å². The molecule has 3 heterocycles. The third-order valence-corrected chi connectivity index (χ3v) is 10.4. The Balaban J connectivity index is 1.13. The Hall–Kier alpha value is -1.06. The molecule has 8 nitrogen and oxygen atoms in total. The van der Waals surface area contributed by atoms with Gasteiger partial charge in [-0.1, -0.05) is 84.0 Å². The number of aliphatic hydroxyl groups excluding tert-OH is 3. The van der Waals surface area contributed by atoms with E-state index in [9.17, 15) is 24.9 Å². The van der Waals surface area contributed by atoms with E-state index in [4.69, 9.17) is 14.2 Å². The van der Waals surface area contributed by atoms with Gasteiger partial charge >= 0.3 is 5.97 Å². The predicted molar refractivity (Wildman–Crippen MR) is 176 cm³/mol. The maximum atomic E-state index is 11.9. The molecule has 0 spiro atoms. The zero-order chi connectivity index (χ0) is 32.4. The van der Waals surface area contributed by atoms with E-state index in [2.05, 4.69) is 0 Å². The molecule has 0 radical (unpaired) electrons. The highest BCUT2D eigenvalue weighted by Gasteiger charge is 2.40. The summed E-state index contributed by atoms with van der Waals surface area (Å²) in [5.74, 6) is -0.362. The van der Waals surface area contributed by atoms with Gasteiger partial charge in [-0.25, -0.2) is 0 Å². The Morgan fingerprint density at radius 2 is 1.18 bits per heavy atom. The third-order valence-electron chi connectivity index (χ3n) is 10.4.